The third kappa shape index (κ3) is 5.01. The summed E-state index contributed by atoms with van der Waals surface area (Å²) in [5, 5.41) is 2.96. The Morgan fingerprint density at radius 1 is 1.06 bits per heavy atom. The van der Waals surface area contributed by atoms with Gasteiger partial charge in [0.2, 0.25) is 21.8 Å². The molecule has 0 aromatic heterocycles. The Kier molecular flexibility index (Phi) is 6.91. The zero-order chi connectivity index (χ0) is 22.9. The van der Waals surface area contributed by atoms with E-state index >= 15 is 0 Å². The van der Waals surface area contributed by atoms with Gasteiger partial charge in [-0.3, -0.25) is 9.59 Å². The molecule has 1 aliphatic heterocycles. The topological polar surface area (TPSA) is 95.6 Å². The number of hydrogen-bond acceptors (Lipinski definition) is 4. The molecule has 2 saturated carbocycles. The summed E-state index contributed by atoms with van der Waals surface area (Å²) >= 11 is 0. The summed E-state index contributed by atoms with van der Waals surface area (Å²) < 4.78 is 28.6. The molecule has 3 aliphatic rings. The molecular formula is C24H35N3O4S. The minimum atomic E-state index is -3.62. The van der Waals surface area contributed by atoms with E-state index in [1.165, 1.54) is 0 Å². The number of carbonyl (C=O) groups is 2. The molecule has 1 atom stereocenters. The third-order valence-corrected chi connectivity index (χ3v) is 8.49. The Balaban J connectivity index is 1.33. The normalized spacial score (nSPS) is 25.4. The Morgan fingerprint density at radius 3 is 2.41 bits per heavy atom. The minimum absolute atomic E-state index is 0.0504. The molecule has 1 heterocycles. The highest BCUT2D eigenvalue weighted by atomic mass is 32.2. The maximum atomic E-state index is 12.9. The van der Waals surface area contributed by atoms with Crippen molar-refractivity contribution >= 4 is 27.5 Å². The quantitative estimate of drug-likeness (QED) is 0.622. The fourth-order valence-corrected chi connectivity index (χ4v) is 6.14. The van der Waals surface area contributed by atoms with E-state index in [0.29, 0.717) is 19.5 Å². The maximum Gasteiger partial charge on any atom is 0.240 e. The van der Waals surface area contributed by atoms with Crippen molar-refractivity contribution in [3.05, 3.63) is 23.8 Å². The van der Waals surface area contributed by atoms with Gasteiger partial charge in [-0.15, -0.1) is 0 Å². The average Bonchev–Trinajstić information content (AvgIpc) is 3.58. The van der Waals surface area contributed by atoms with Gasteiger partial charge in [0.15, 0.2) is 0 Å². The number of benzene rings is 1. The molecule has 0 bridgehead atoms. The van der Waals surface area contributed by atoms with Crippen molar-refractivity contribution in [2.24, 2.45) is 17.8 Å². The van der Waals surface area contributed by atoms with Gasteiger partial charge in [-0.2, -0.15) is 0 Å². The van der Waals surface area contributed by atoms with Crippen molar-refractivity contribution in [3.63, 3.8) is 0 Å². The number of hydrogen-bond donors (Lipinski definition) is 2. The Bertz CT molecular complexity index is 965. The van der Waals surface area contributed by atoms with Crippen molar-refractivity contribution in [2.75, 3.05) is 18.0 Å². The van der Waals surface area contributed by atoms with E-state index in [2.05, 4.69) is 10.0 Å². The zero-order valence-electron chi connectivity index (χ0n) is 19.1. The highest BCUT2D eigenvalue weighted by Crippen LogP contribution is 2.39. The van der Waals surface area contributed by atoms with Gasteiger partial charge in [0.05, 0.1) is 4.90 Å². The van der Waals surface area contributed by atoms with Gasteiger partial charge < -0.3 is 10.2 Å². The Hall–Kier alpha value is -1.93. The zero-order valence-corrected chi connectivity index (χ0v) is 19.9. The summed E-state index contributed by atoms with van der Waals surface area (Å²) in [6.45, 7) is 5.16. The molecule has 4 rings (SSSR count). The lowest BCUT2D eigenvalue weighted by atomic mass is 9.81. The first-order chi connectivity index (χ1) is 15.3. The molecule has 1 aromatic rings. The number of rotatable bonds is 8. The van der Waals surface area contributed by atoms with Crippen molar-refractivity contribution in [2.45, 2.75) is 76.2 Å². The van der Waals surface area contributed by atoms with E-state index in [-0.39, 0.29) is 40.5 Å². The lowest BCUT2D eigenvalue weighted by Crippen LogP contribution is -2.36. The molecule has 32 heavy (non-hydrogen) atoms. The summed E-state index contributed by atoms with van der Waals surface area (Å²) in [5.74, 6) is 0.744. The van der Waals surface area contributed by atoms with Crippen LogP contribution < -0.4 is 14.9 Å². The molecule has 0 saturated heterocycles. The second-order valence-electron chi connectivity index (χ2n) is 9.69. The van der Waals surface area contributed by atoms with Gasteiger partial charge in [-0.1, -0.05) is 6.92 Å². The third-order valence-electron chi connectivity index (χ3n) is 7.07. The van der Waals surface area contributed by atoms with Crippen LogP contribution in [0.5, 0.6) is 0 Å². The SMILES string of the molecule is CCCNC(=O)C1CCC(CNS(=O)(=O)c2ccc3c(c2)C[C@@H](C)N3C(=O)C2CC2)CC1. The molecule has 2 fully saturated rings. The number of nitrogens with zero attached hydrogens (tertiary/aromatic N) is 1. The number of nitrogens with one attached hydrogen (secondary N) is 2. The van der Waals surface area contributed by atoms with Crippen LogP contribution in [0.15, 0.2) is 23.1 Å². The van der Waals surface area contributed by atoms with E-state index in [9.17, 15) is 18.0 Å². The predicted octanol–water partition coefficient (Wildman–Crippen LogP) is 2.99. The molecule has 2 amide bonds. The molecule has 0 unspecified atom stereocenters. The second-order valence-corrected chi connectivity index (χ2v) is 11.5. The van der Waals surface area contributed by atoms with E-state index < -0.39 is 10.0 Å². The highest BCUT2D eigenvalue weighted by molar-refractivity contribution is 7.89. The van der Waals surface area contributed by atoms with Crippen LogP contribution in [-0.2, 0) is 26.0 Å². The Labute approximate surface area is 191 Å². The number of sulfonamides is 1. The van der Waals surface area contributed by atoms with Crippen LogP contribution in [-0.4, -0.2) is 39.4 Å². The van der Waals surface area contributed by atoms with Gasteiger partial charge in [0, 0.05) is 36.7 Å². The van der Waals surface area contributed by atoms with Crippen molar-refractivity contribution in [1.29, 1.82) is 0 Å². The summed E-state index contributed by atoms with van der Waals surface area (Å²) in [6, 6.07) is 5.19. The number of carbonyl (C=O) groups excluding carboxylic acids is 2. The average molecular weight is 462 g/mol. The van der Waals surface area contributed by atoms with Crippen LogP contribution in [0, 0.1) is 17.8 Å². The molecule has 1 aromatic carbocycles. The van der Waals surface area contributed by atoms with Crippen LogP contribution in [0.4, 0.5) is 5.69 Å². The summed E-state index contributed by atoms with van der Waals surface area (Å²) in [5.41, 5.74) is 1.78. The van der Waals surface area contributed by atoms with E-state index in [1.54, 1.807) is 18.2 Å². The van der Waals surface area contributed by atoms with E-state index in [4.69, 9.17) is 0 Å². The molecule has 0 radical (unpaired) electrons. The fraction of sp³-hybridized carbons (Fsp3) is 0.667. The lowest BCUT2D eigenvalue weighted by Gasteiger charge is -2.27. The van der Waals surface area contributed by atoms with Gasteiger partial charge in [0.1, 0.15) is 0 Å². The smallest absolute Gasteiger partial charge is 0.240 e. The monoisotopic (exact) mass is 461 g/mol. The van der Waals surface area contributed by atoms with Crippen molar-refractivity contribution < 1.29 is 18.0 Å². The predicted molar refractivity (Wildman–Crippen MR) is 124 cm³/mol. The first-order valence-electron chi connectivity index (χ1n) is 12.0. The fourth-order valence-electron chi connectivity index (χ4n) is 4.97. The highest BCUT2D eigenvalue weighted by Gasteiger charge is 2.39. The van der Waals surface area contributed by atoms with Crippen molar-refractivity contribution in [1.82, 2.24) is 10.0 Å². The largest absolute Gasteiger partial charge is 0.356 e. The van der Waals surface area contributed by atoms with Gasteiger partial charge in [-0.05, 0) is 88.0 Å². The number of fused-ring (bicyclic) bond motifs is 1. The van der Waals surface area contributed by atoms with Gasteiger partial charge in [-0.25, -0.2) is 13.1 Å². The first-order valence-corrected chi connectivity index (χ1v) is 13.5. The van der Waals surface area contributed by atoms with Gasteiger partial charge >= 0.3 is 0 Å². The van der Waals surface area contributed by atoms with Crippen LogP contribution in [0.1, 0.15) is 64.4 Å². The molecule has 8 heteroatoms. The second kappa shape index (κ2) is 9.51. The Morgan fingerprint density at radius 2 is 1.75 bits per heavy atom. The molecule has 2 aliphatic carbocycles. The van der Waals surface area contributed by atoms with E-state index in [1.807, 2.05) is 18.7 Å². The molecule has 176 valence electrons. The first kappa shape index (κ1) is 23.2. The van der Waals surface area contributed by atoms with Crippen LogP contribution in [0.25, 0.3) is 0 Å². The molecule has 7 nitrogen and oxygen atoms in total. The minimum Gasteiger partial charge on any atom is -0.356 e. The van der Waals surface area contributed by atoms with Crippen molar-refractivity contribution in [3.8, 4) is 0 Å². The molecule has 0 spiro atoms. The number of amides is 2. The van der Waals surface area contributed by atoms with Crippen LogP contribution in [0.3, 0.4) is 0 Å². The molecular weight excluding hydrogens is 426 g/mol. The van der Waals surface area contributed by atoms with Crippen LogP contribution >= 0.6 is 0 Å². The maximum absolute atomic E-state index is 12.9. The lowest BCUT2D eigenvalue weighted by molar-refractivity contribution is -0.126. The summed E-state index contributed by atoms with van der Waals surface area (Å²) in [6.07, 6.45) is 6.85. The van der Waals surface area contributed by atoms with Gasteiger partial charge in [0.25, 0.3) is 0 Å². The standard InChI is InChI=1S/C24H35N3O4S/c1-3-12-25-23(28)18-6-4-17(5-7-18)15-26-32(30,31)21-10-11-22-20(14-21)13-16(2)27(22)24(29)19-8-9-19/h10-11,14,16-19,26H,3-9,12-13,15H2,1-2H3,(H,25,28)/t16-,17?,18?/m1/s1. The molecule has 2 N–H and O–H groups in total. The van der Waals surface area contributed by atoms with E-state index in [0.717, 1.165) is 56.2 Å². The van der Waals surface area contributed by atoms with Crippen LogP contribution in [0.2, 0.25) is 0 Å². The summed E-state index contributed by atoms with van der Waals surface area (Å²) in [4.78, 5) is 26.9. The summed E-state index contributed by atoms with van der Waals surface area (Å²) in [7, 11) is -3.62. The number of anilines is 1.